The number of allylic oxidation sites excluding steroid dienone is 3. The summed E-state index contributed by atoms with van der Waals surface area (Å²) < 4.78 is 5.38. The molecule has 0 bridgehead atoms. The molecule has 0 saturated heterocycles. The van der Waals surface area contributed by atoms with Crippen molar-refractivity contribution in [3.05, 3.63) is 112 Å². The lowest BCUT2D eigenvalue weighted by Gasteiger charge is -2.24. The smallest absolute Gasteiger partial charge is 0.328 e. The van der Waals surface area contributed by atoms with E-state index in [4.69, 9.17) is 21.4 Å². The number of halogens is 1. The summed E-state index contributed by atoms with van der Waals surface area (Å²) in [7, 11) is 1.67. The molecule has 0 aliphatic heterocycles. The summed E-state index contributed by atoms with van der Waals surface area (Å²) >= 11 is 7.22. The van der Waals surface area contributed by atoms with Gasteiger partial charge in [-0.1, -0.05) is 93.0 Å². The van der Waals surface area contributed by atoms with Crippen LogP contribution in [0.3, 0.4) is 0 Å². The standard InChI is InChI=1S/C32H33ClO3/c1-6-27(24-16-18-26(36-5)19-17-24)31(25-14-11-23(12-15-25)13-20-29(34)35)30(21(2)3)32(33)28-10-8-7-9-22(28)4/h7-21H,6H2,1-5H3,(H,34,35)/b20-13+,31-27+,32-30-. The molecule has 0 radical (unpaired) electrons. The Labute approximate surface area is 219 Å². The number of carbonyl (C=O) groups is 1. The highest BCUT2D eigenvalue weighted by Crippen LogP contribution is 2.43. The van der Waals surface area contributed by atoms with E-state index in [-0.39, 0.29) is 5.92 Å². The average Bonchev–Trinajstić information content (AvgIpc) is 2.88. The minimum atomic E-state index is -0.970. The lowest BCUT2D eigenvalue weighted by molar-refractivity contribution is -0.131. The predicted octanol–water partition coefficient (Wildman–Crippen LogP) is 8.73. The maximum Gasteiger partial charge on any atom is 0.328 e. The van der Waals surface area contributed by atoms with Gasteiger partial charge in [0, 0.05) is 6.08 Å². The summed E-state index contributed by atoms with van der Waals surface area (Å²) in [5.41, 5.74) is 8.46. The van der Waals surface area contributed by atoms with Crippen LogP contribution in [0.1, 0.15) is 55.0 Å². The Morgan fingerprint density at radius 1 is 0.972 bits per heavy atom. The molecule has 0 aliphatic rings. The van der Waals surface area contributed by atoms with E-state index in [1.54, 1.807) is 13.2 Å². The van der Waals surface area contributed by atoms with Crippen LogP contribution in [0.5, 0.6) is 5.75 Å². The van der Waals surface area contributed by atoms with Crippen LogP contribution in [0.25, 0.3) is 22.3 Å². The molecule has 186 valence electrons. The lowest BCUT2D eigenvalue weighted by atomic mass is 9.82. The van der Waals surface area contributed by atoms with Gasteiger partial charge in [-0.05, 0) is 82.0 Å². The zero-order valence-electron chi connectivity index (χ0n) is 21.5. The number of methoxy groups -OCH3 is 1. The second-order valence-electron chi connectivity index (χ2n) is 8.93. The monoisotopic (exact) mass is 500 g/mol. The topological polar surface area (TPSA) is 46.5 Å². The molecule has 0 spiro atoms. The van der Waals surface area contributed by atoms with Gasteiger partial charge in [0.1, 0.15) is 5.75 Å². The van der Waals surface area contributed by atoms with Crippen LogP contribution < -0.4 is 4.74 Å². The normalized spacial score (nSPS) is 13.0. The maximum absolute atomic E-state index is 11.0. The van der Waals surface area contributed by atoms with Gasteiger partial charge in [-0.2, -0.15) is 0 Å². The number of aliphatic carboxylic acids is 1. The van der Waals surface area contributed by atoms with E-state index < -0.39 is 5.97 Å². The number of ether oxygens (including phenoxy) is 1. The van der Waals surface area contributed by atoms with Crippen molar-refractivity contribution >= 4 is 39.8 Å². The first-order chi connectivity index (χ1) is 17.3. The number of carboxylic acids is 1. The van der Waals surface area contributed by atoms with Crippen molar-refractivity contribution in [2.45, 2.75) is 34.1 Å². The van der Waals surface area contributed by atoms with Crippen LogP contribution in [0.4, 0.5) is 0 Å². The third-order valence-corrected chi connectivity index (χ3v) is 6.58. The SMILES string of the molecule is CC/C(=C(\C(=C(/Cl)c1ccccc1C)C(C)C)c1ccc(/C=C/C(=O)O)cc1)c1ccc(OC)cc1. The minimum Gasteiger partial charge on any atom is -0.497 e. The Balaban J connectivity index is 2.34. The Bertz CT molecular complexity index is 1290. The van der Waals surface area contributed by atoms with Gasteiger partial charge in [0.05, 0.1) is 12.1 Å². The van der Waals surface area contributed by atoms with Crippen molar-refractivity contribution < 1.29 is 14.6 Å². The van der Waals surface area contributed by atoms with Crippen LogP contribution in [-0.2, 0) is 4.79 Å². The van der Waals surface area contributed by atoms with Gasteiger partial charge in [-0.15, -0.1) is 0 Å². The van der Waals surface area contributed by atoms with Crippen LogP contribution >= 0.6 is 11.6 Å². The molecule has 0 amide bonds. The van der Waals surface area contributed by atoms with Crippen LogP contribution in [-0.4, -0.2) is 18.2 Å². The van der Waals surface area contributed by atoms with E-state index in [0.29, 0.717) is 0 Å². The van der Waals surface area contributed by atoms with Gasteiger partial charge in [0.2, 0.25) is 0 Å². The molecular formula is C32H33ClO3. The summed E-state index contributed by atoms with van der Waals surface area (Å²) in [5.74, 6) is -0.0103. The summed E-state index contributed by atoms with van der Waals surface area (Å²) in [6, 6.07) is 24.3. The van der Waals surface area contributed by atoms with E-state index in [9.17, 15) is 4.79 Å². The number of carboxylic acid groups (broad SMARTS) is 1. The Kier molecular flexibility index (Phi) is 9.32. The first kappa shape index (κ1) is 27.0. The van der Waals surface area contributed by atoms with Crippen molar-refractivity contribution in [2.24, 2.45) is 5.92 Å². The summed E-state index contributed by atoms with van der Waals surface area (Å²) in [5, 5.41) is 9.73. The van der Waals surface area contributed by atoms with Crippen LogP contribution in [0.15, 0.2) is 84.4 Å². The average molecular weight is 501 g/mol. The zero-order chi connectivity index (χ0) is 26.2. The van der Waals surface area contributed by atoms with Gasteiger partial charge in [-0.25, -0.2) is 4.79 Å². The molecule has 3 nitrogen and oxygen atoms in total. The molecule has 0 aromatic heterocycles. The van der Waals surface area contributed by atoms with E-state index in [1.165, 1.54) is 5.57 Å². The van der Waals surface area contributed by atoms with E-state index in [0.717, 1.165) is 62.2 Å². The molecule has 0 fully saturated rings. The second kappa shape index (κ2) is 12.4. The number of rotatable bonds is 9. The molecule has 0 aliphatic carbocycles. The van der Waals surface area contributed by atoms with Crippen LogP contribution in [0.2, 0.25) is 0 Å². The Morgan fingerprint density at radius 3 is 2.11 bits per heavy atom. The minimum absolute atomic E-state index is 0.151. The highest BCUT2D eigenvalue weighted by Gasteiger charge is 2.22. The second-order valence-corrected chi connectivity index (χ2v) is 9.30. The first-order valence-electron chi connectivity index (χ1n) is 12.1. The summed E-state index contributed by atoms with van der Waals surface area (Å²) in [6.07, 6.45) is 3.55. The third kappa shape index (κ3) is 6.35. The molecule has 36 heavy (non-hydrogen) atoms. The maximum atomic E-state index is 11.0. The fourth-order valence-electron chi connectivity index (χ4n) is 4.35. The summed E-state index contributed by atoms with van der Waals surface area (Å²) in [4.78, 5) is 11.0. The third-order valence-electron chi connectivity index (χ3n) is 6.18. The molecule has 0 heterocycles. The largest absolute Gasteiger partial charge is 0.497 e. The van der Waals surface area contributed by atoms with E-state index in [1.807, 2.05) is 48.5 Å². The number of hydrogen-bond donors (Lipinski definition) is 1. The molecule has 0 unspecified atom stereocenters. The van der Waals surface area contributed by atoms with Crippen LogP contribution in [0, 0.1) is 12.8 Å². The molecule has 3 aromatic carbocycles. The number of hydrogen-bond acceptors (Lipinski definition) is 2. The van der Waals surface area contributed by atoms with Crippen molar-refractivity contribution in [1.29, 1.82) is 0 Å². The molecule has 4 heteroatoms. The van der Waals surface area contributed by atoms with Gasteiger partial charge in [-0.3, -0.25) is 0 Å². The van der Waals surface area contributed by atoms with E-state index >= 15 is 0 Å². The lowest BCUT2D eigenvalue weighted by Crippen LogP contribution is -2.05. The molecule has 3 aromatic rings. The van der Waals surface area contributed by atoms with Crippen molar-refractivity contribution in [3.8, 4) is 5.75 Å². The van der Waals surface area contributed by atoms with Gasteiger partial charge in [0.15, 0.2) is 0 Å². The molecule has 0 atom stereocenters. The fraction of sp³-hybridized carbons (Fsp3) is 0.219. The molecule has 1 N–H and O–H groups in total. The number of aryl methyl sites for hydroxylation is 1. The highest BCUT2D eigenvalue weighted by molar-refractivity contribution is 6.50. The molecule has 0 saturated carbocycles. The van der Waals surface area contributed by atoms with Crippen molar-refractivity contribution in [2.75, 3.05) is 7.11 Å². The van der Waals surface area contributed by atoms with E-state index in [2.05, 4.69) is 52.0 Å². The fourth-order valence-corrected chi connectivity index (χ4v) is 4.88. The van der Waals surface area contributed by atoms with Gasteiger partial charge >= 0.3 is 5.97 Å². The Hall–Kier alpha value is -3.56. The first-order valence-corrected chi connectivity index (χ1v) is 12.5. The van der Waals surface area contributed by atoms with Crippen molar-refractivity contribution in [3.63, 3.8) is 0 Å². The number of benzene rings is 3. The van der Waals surface area contributed by atoms with Gasteiger partial charge < -0.3 is 9.84 Å². The highest BCUT2D eigenvalue weighted by atomic mass is 35.5. The van der Waals surface area contributed by atoms with Crippen molar-refractivity contribution in [1.82, 2.24) is 0 Å². The Morgan fingerprint density at radius 2 is 1.58 bits per heavy atom. The summed E-state index contributed by atoms with van der Waals surface area (Å²) in [6.45, 7) is 8.57. The quantitative estimate of drug-likeness (QED) is 0.181. The van der Waals surface area contributed by atoms with Gasteiger partial charge in [0.25, 0.3) is 0 Å². The molecule has 3 rings (SSSR count). The predicted molar refractivity (Wildman–Crippen MR) is 152 cm³/mol. The molecular weight excluding hydrogens is 468 g/mol. The zero-order valence-corrected chi connectivity index (χ0v) is 22.3.